The number of nitrogens with zero attached hydrogens (tertiary/aromatic N) is 3. The van der Waals surface area contributed by atoms with Crippen LogP contribution in [0.5, 0.6) is 0 Å². The van der Waals surface area contributed by atoms with E-state index in [0.717, 1.165) is 56.6 Å². The molecule has 0 aliphatic carbocycles. The first-order valence-corrected chi connectivity index (χ1v) is 11.3. The number of carbonyl (C=O) groups excluding carboxylic acids is 2. The molecule has 1 saturated heterocycles. The average molecular weight is 418 g/mol. The number of unbranched alkanes of at least 4 members (excludes halogenated alkanes) is 2. The zero-order chi connectivity index (χ0) is 21.8. The number of amides is 2. The van der Waals surface area contributed by atoms with Crippen LogP contribution in [0.2, 0.25) is 0 Å². The van der Waals surface area contributed by atoms with Crippen molar-refractivity contribution in [2.75, 3.05) is 37.6 Å². The third-order valence-corrected chi connectivity index (χ3v) is 6.19. The summed E-state index contributed by atoms with van der Waals surface area (Å²) in [5.41, 5.74) is 4.32. The molecule has 162 valence electrons. The summed E-state index contributed by atoms with van der Waals surface area (Å²) < 4.78 is 0. The molecule has 5 heteroatoms. The molecule has 31 heavy (non-hydrogen) atoms. The van der Waals surface area contributed by atoms with Gasteiger partial charge in [-0.3, -0.25) is 14.5 Å². The van der Waals surface area contributed by atoms with E-state index in [1.165, 1.54) is 10.6 Å². The predicted molar refractivity (Wildman–Crippen MR) is 125 cm³/mol. The third kappa shape index (κ3) is 4.36. The molecule has 2 aliphatic rings. The lowest BCUT2D eigenvalue weighted by Gasteiger charge is -2.37. The highest BCUT2D eigenvalue weighted by atomic mass is 16.2. The first-order chi connectivity index (χ1) is 15.1. The molecule has 0 atom stereocenters. The van der Waals surface area contributed by atoms with Gasteiger partial charge in [0.05, 0.1) is 5.57 Å². The minimum atomic E-state index is -0.148. The first-order valence-electron chi connectivity index (χ1n) is 11.3. The van der Waals surface area contributed by atoms with Gasteiger partial charge in [-0.1, -0.05) is 67.8 Å². The largest absolute Gasteiger partial charge is 0.368 e. The maximum atomic E-state index is 13.4. The lowest BCUT2D eigenvalue weighted by Crippen LogP contribution is -2.47. The van der Waals surface area contributed by atoms with E-state index < -0.39 is 0 Å². The van der Waals surface area contributed by atoms with Crippen molar-refractivity contribution in [3.63, 3.8) is 0 Å². The van der Waals surface area contributed by atoms with Gasteiger partial charge in [0, 0.05) is 38.4 Å². The van der Waals surface area contributed by atoms with Gasteiger partial charge in [0.1, 0.15) is 5.70 Å². The number of hydrogen-bond acceptors (Lipinski definition) is 4. The summed E-state index contributed by atoms with van der Waals surface area (Å²) in [4.78, 5) is 32.7. The Bertz CT molecular complexity index is 958. The van der Waals surface area contributed by atoms with Gasteiger partial charge < -0.3 is 9.80 Å². The summed E-state index contributed by atoms with van der Waals surface area (Å²) in [7, 11) is 0. The number of benzene rings is 2. The Morgan fingerprint density at radius 1 is 0.774 bits per heavy atom. The third-order valence-electron chi connectivity index (χ3n) is 6.19. The topological polar surface area (TPSA) is 43.9 Å². The standard InChI is InChI=1S/C26H31N3O2/c1-3-4-8-15-29-25(30)23(21-13-11-20(2)12-14-21)24(26(29)31)28-18-16-27(17-19-28)22-9-6-5-7-10-22/h5-7,9-14H,3-4,8,15-19H2,1-2H3. The summed E-state index contributed by atoms with van der Waals surface area (Å²) in [5.74, 6) is -0.282. The van der Waals surface area contributed by atoms with Gasteiger partial charge in [0.25, 0.3) is 11.8 Å². The van der Waals surface area contributed by atoms with Crippen LogP contribution in [0.3, 0.4) is 0 Å². The van der Waals surface area contributed by atoms with Crippen molar-refractivity contribution in [2.45, 2.75) is 33.1 Å². The molecule has 0 radical (unpaired) electrons. The number of piperazine rings is 1. The van der Waals surface area contributed by atoms with Crippen LogP contribution in [0.4, 0.5) is 5.69 Å². The Balaban J connectivity index is 1.60. The van der Waals surface area contributed by atoms with Crippen molar-refractivity contribution in [2.24, 2.45) is 0 Å². The Kier molecular flexibility index (Phi) is 6.40. The van der Waals surface area contributed by atoms with Crippen molar-refractivity contribution >= 4 is 23.1 Å². The highest BCUT2D eigenvalue weighted by molar-refractivity contribution is 6.35. The van der Waals surface area contributed by atoms with Crippen molar-refractivity contribution < 1.29 is 9.59 Å². The molecule has 2 heterocycles. The molecular formula is C26H31N3O2. The van der Waals surface area contributed by atoms with E-state index in [-0.39, 0.29) is 11.8 Å². The highest BCUT2D eigenvalue weighted by Gasteiger charge is 2.41. The second-order valence-electron chi connectivity index (χ2n) is 8.37. The second kappa shape index (κ2) is 9.38. The molecule has 1 fully saturated rings. The summed E-state index contributed by atoms with van der Waals surface area (Å²) in [6.07, 6.45) is 2.93. The van der Waals surface area contributed by atoms with E-state index in [1.54, 1.807) is 0 Å². The SMILES string of the molecule is CCCCCN1C(=O)C(c2ccc(C)cc2)=C(N2CCN(c3ccccc3)CC2)C1=O. The van der Waals surface area contributed by atoms with Crippen LogP contribution in [-0.2, 0) is 9.59 Å². The quantitative estimate of drug-likeness (QED) is 0.503. The van der Waals surface area contributed by atoms with Gasteiger partial charge in [0.2, 0.25) is 0 Å². The van der Waals surface area contributed by atoms with Crippen LogP contribution in [0, 0.1) is 6.92 Å². The number of para-hydroxylation sites is 1. The van der Waals surface area contributed by atoms with Crippen LogP contribution in [0.25, 0.3) is 5.57 Å². The van der Waals surface area contributed by atoms with E-state index in [4.69, 9.17) is 0 Å². The highest BCUT2D eigenvalue weighted by Crippen LogP contribution is 2.33. The molecule has 0 N–H and O–H groups in total. The number of carbonyl (C=O) groups is 2. The molecule has 0 saturated carbocycles. The Morgan fingerprint density at radius 3 is 2.06 bits per heavy atom. The first kappa shape index (κ1) is 21.2. The van der Waals surface area contributed by atoms with Crippen molar-refractivity contribution in [3.05, 3.63) is 71.4 Å². The number of rotatable bonds is 7. The van der Waals surface area contributed by atoms with E-state index in [2.05, 4.69) is 28.9 Å². The van der Waals surface area contributed by atoms with Gasteiger partial charge in [-0.05, 0) is 31.0 Å². The molecule has 2 aliphatic heterocycles. The Morgan fingerprint density at radius 2 is 1.42 bits per heavy atom. The Hall–Kier alpha value is -3.08. The minimum Gasteiger partial charge on any atom is -0.368 e. The van der Waals surface area contributed by atoms with E-state index in [0.29, 0.717) is 17.8 Å². The van der Waals surface area contributed by atoms with Crippen LogP contribution in [0.1, 0.15) is 37.3 Å². The van der Waals surface area contributed by atoms with Crippen LogP contribution < -0.4 is 4.90 Å². The van der Waals surface area contributed by atoms with Crippen LogP contribution in [0.15, 0.2) is 60.3 Å². The number of imide groups is 1. The molecule has 5 nitrogen and oxygen atoms in total. The fourth-order valence-corrected chi connectivity index (χ4v) is 4.39. The zero-order valence-electron chi connectivity index (χ0n) is 18.5. The van der Waals surface area contributed by atoms with Gasteiger partial charge in [-0.2, -0.15) is 0 Å². The van der Waals surface area contributed by atoms with Crippen molar-refractivity contribution in [3.8, 4) is 0 Å². The van der Waals surface area contributed by atoms with Crippen LogP contribution >= 0.6 is 0 Å². The predicted octanol–water partition coefficient (Wildman–Crippen LogP) is 4.09. The molecule has 2 aromatic carbocycles. The monoisotopic (exact) mass is 417 g/mol. The number of aryl methyl sites for hydroxylation is 1. The van der Waals surface area contributed by atoms with Gasteiger partial charge in [-0.25, -0.2) is 0 Å². The Labute approximate surface area is 184 Å². The summed E-state index contributed by atoms with van der Waals surface area (Å²) in [5, 5.41) is 0. The van der Waals surface area contributed by atoms with Crippen molar-refractivity contribution in [1.82, 2.24) is 9.80 Å². The molecule has 2 amide bonds. The molecular weight excluding hydrogens is 386 g/mol. The fraction of sp³-hybridized carbons (Fsp3) is 0.385. The fourth-order valence-electron chi connectivity index (χ4n) is 4.39. The number of hydrogen-bond donors (Lipinski definition) is 0. The molecule has 0 bridgehead atoms. The van der Waals surface area contributed by atoms with Gasteiger partial charge in [0.15, 0.2) is 0 Å². The van der Waals surface area contributed by atoms with Crippen LogP contribution in [-0.4, -0.2) is 54.3 Å². The minimum absolute atomic E-state index is 0.134. The smallest absolute Gasteiger partial charge is 0.277 e. The summed E-state index contributed by atoms with van der Waals surface area (Å²) >= 11 is 0. The van der Waals surface area contributed by atoms with E-state index >= 15 is 0 Å². The molecule has 2 aromatic rings. The lowest BCUT2D eigenvalue weighted by molar-refractivity contribution is -0.137. The molecule has 0 spiro atoms. The van der Waals surface area contributed by atoms with Gasteiger partial charge in [-0.15, -0.1) is 0 Å². The zero-order valence-corrected chi connectivity index (χ0v) is 18.5. The maximum absolute atomic E-state index is 13.4. The molecule has 0 unspecified atom stereocenters. The van der Waals surface area contributed by atoms with E-state index in [1.807, 2.05) is 49.4 Å². The summed E-state index contributed by atoms with van der Waals surface area (Å²) in [6, 6.07) is 18.3. The van der Waals surface area contributed by atoms with E-state index in [9.17, 15) is 9.59 Å². The normalized spacial score (nSPS) is 17.2. The van der Waals surface area contributed by atoms with Crippen molar-refractivity contribution in [1.29, 1.82) is 0 Å². The second-order valence-corrected chi connectivity index (χ2v) is 8.37. The van der Waals surface area contributed by atoms with Gasteiger partial charge >= 0.3 is 0 Å². The number of anilines is 1. The maximum Gasteiger partial charge on any atom is 0.277 e. The molecule has 4 rings (SSSR count). The summed E-state index contributed by atoms with van der Waals surface area (Å²) in [6.45, 7) is 7.75. The lowest BCUT2D eigenvalue weighted by atomic mass is 10.0. The molecule has 0 aromatic heterocycles. The average Bonchev–Trinajstić information content (AvgIpc) is 3.05.